The van der Waals surface area contributed by atoms with Crippen LogP contribution in [0.3, 0.4) is 0 Å². The Morgan fingerprint density at radius 2 is 2.26 bits per heavy atom. The molecular weight excluding hydrogens is 314 g/mol. The molecule has 23 heavy (non-hydrogen) atoms. The van der Waals surface area contributed by atoms with Crippen LogP contribution in [0.15, 0.2) is 17.9 Å². The van der Waals surface area contributed by atoms with Gasteiger partial charge < -0.3 is 9.64 Å². The van der Waals surface area contributed by atoms with E-state index in [4.69, 9.17) is 10.00 Å². The molecule has 0 radical (unpaired) electrons. The third-order valence-corrected chi connectivity index (χ3v) is 4.57. The summed E-state index contributed by atoms with van der Waals surface area (Å²) in [5.74, 6) is 0.209. The first kappa shape index (κ1) is 15.4. The maximum absolute atomic E-state index is 12.6. The Bertz CT molecular complexity index is 754. The van der Waals surface area contributed by atoms with E-state index in [1.807, 2.05) is 13.0 Å². The summed E-state index contributed by atoms with van der Waals surface area (Å²) in [6.45, 7) is 3.00. The predicted octanol–water partition coefficient (Wildman–Crippen LogP) is 1.80. The maximum atomic E-state index is 12.6. The second-order valence-electron chi connectivity index (χ2n) is 5.22. The summed E-state index contributed by atoms with van der Waals surface area (Å²) in [4.78, 5) is 27.1. The van der Waals surface area contributed by atoms with Gasteiger partial charge in [0.25, 0.3) is 11.8 Å². The highest BCUT2D eigenvalue weighted by molar-refractivity contribution is 7.11. The molecule has 0 aromatic carbocycles. The van der Waals surface area contributed by atoms with Gasteiger partial charge in [-0.15, -0.1) is 11.3 Å². The summed E-state index contributed by atoms with van der Waals surface area (Å²) in [7, 11) is 0. The number of aromatic nitrogens is 3. The molecule has 8 heteroatoms. The van der Waals surface area contributed by atoms with Crippen molar-refractivity contribution < 1.29 is 9.53 Å². The molecule has 0 bridgehead atoms. The fourth-order valence-corrected chi connectivity index (χ4v) is 3.29. The fraction of sp³-hybridized carbons (Fsp3) is 0.400. The summed E-state index contributed by atoms with van der Waals surface area (Å²) >= 11 is 1.35. The second-order valence-corrected chi connectivity index (χ2v) is 6.08. The smallest absolute Gasteiger partial charge is 0.265 e. The number of carbonyl (C=O) groups excluding carboxylic acids is 1. The van der Waals surface area contributed by atoms with Crippen molar-refractivity contribution >= 4 is 17.2 Å². The van der Waals surface area contributed by atoms with Gasteiger partial charge in [-0.05, 0) is 19.8 Å². The van der Waals surface area contributed by atoms with Gasteiger partial charge in [0.05, 0.1) is 17.7 Å². The number of thiazole rings is 1. The average molecular weight is 329 g/mol. The molecule has 2 aromatic heterocycles. The zero-order chi connectivity index (χ0) is 16.2. The second kappa shape index (κ2) is 6.71. The van der Waals surface area contributed by atoms with Gasteiger partial charge in [0.2, 0.25) is 5.69 Å². The lowest BCUT2D eigenvalue weighted by molar-refractivity contribution is 0.0529. The number of nitriles is 1. The first-order chi connectivity index (χ1) is 11.2. The van der Waals surface area contributed by atoms with E-state index in [1.165, 1.54) is 23.7 Å². The number of amides is 1. The van der Waals surface area contributed by atoms with Gasteiger partial charge in [0.1, 0.15) is 17.1 Å². The highest BCUT2D eigenvalue weighted by Crippen LogP contribution is 2.22. The number of hydrogen-bond donors (Lipinski definition) is 0. The van der Waals surface area contributed by atoms with Crippen molar-refractivity contribution in [3.63, 3.8) is 0 Å². The SMILES string of the molecule is Cc1ncsc1C(=O)N1CCC[C@H](Oc2nccnc2C#N)C1. The first-order valence-electron chi connectivity index (χ1n) is 7.26. The summed E-state index contributed by atoms with van der Waals surface area (Å²) in [5.41, 5.74) is 2.59. The molecular formula is C15H15N5O2S. The van der Waals surface area contributed by atoms with Crippen molar-refractivity contribution in [2.24, 2.45) is 0 Å². The zero-order valence-electron chi connectivity index (χ0n) is 12.6. The number of rotatable bonds is 3. The highest BCUT2D eigenvalue weighted by Gasteiger charge is 2.28. The van der Waals surface area contributed by atoms with Crippen molar-refractivity contribution in [1.82, 2.24) is 19.9 Å². The van der Waals surface area contributed by atoms with Crippen LogP contribution in [-0.2, 0) is 0 Å². The van der Waals surface area contributed by atoms with Crippen molar-refractivity contribution in [1.29, 1.82) is 5.26 Å². The Labute approximate surface area is 137 Å². The van der Waals surface area contributed by atoms with Crippen LogP contribution in [0.1, 0.15) is 33.9 Å². The largest absolute Gasteiger partial charge is 0.470 e. The molecule has 2 aromatic rings. The molecule has 0 unspecified atom stereocenters. The lowest BCUT2D eigenvalue weighted by Gasteiger charge is -2.32. The maximum Gasteiger partial charge on any atom is 0.265 e. The quantitative estimate of drug-likeness (QED) is 0.852. The minimum Gasteiger partial charge on any atom is -0.470 e. The van der Waals surface area contributed by atoms with E-state index in [1.54, 1.807) is 10.4 Å². The molecule has 1 amide bonds. The number of carbonyl (C=O) groups is 1. The molecule has 3 rings (SSSR count). The Morgan fingerprint density at radius 1 is 1.43 bits per heavy atom. The molecule has 1 aliphatic rings. The van der Waals surface area contributed by atoms with Crippen LogP contribution in [0.5, 0.6) is 5.88 Å². The van der Waals surface area contributed by atoms with Crippen LogP contribution >= 0.6 is 11.3 Å². The summed E-state index contributed by atoms with van der Waals surface area (Å²) in [6, 6.07) is 1.96. The molecule has 1 atom stereocenters. The predicted molar refractivity (Wildman–Crippen MR) is 83.2 cm³/mol. The number of aryl methyl sites for hydroxylation is 1. The minimum absolute atomic E-state index is 0.0158. The Balaban J connectivity index is 1.70. The third kappa shape index (κ3) is 3.29. The molecule has 0 saturated carbocycles. The van der Waals surface area contributed by atoms with Crippen LogP contribution in [0.2, 0.25) is 0 Å². The highest BCUT2D eigenvalue weighted by atomic mass is 32.1. The van der Waals surface area contributed by atoms with E-state index in [2.05, 4.69) is 15.0 Å². The summed E-state index contributed by atoms with van der Waals surface area (Å²) < 4.78 is 5.80. The van der Waals surface area contributed by atoms with E-state index >= 15 is 0 Å². The molecule has 3 heterocycles. The van der Waals surface area contributed by atoms with Crippen molar-refractivity contribution in [2.75, 3.05) is 13.1 Å². The summed E-state index contributed by atoms with van der Waals surface area (Å²) in [6.07, 6.45) is 4.41. The van der Waals surface area contributed by atoms with Gasteiger partial charge >= 0.3 is 0 Å². The van der Waals surface area contributed by atoms with Gasteiger partial charge in [0.15, 0.2) is 0 Å². The van der Waals surface area contributed by atoms with Gasteiger partial charge in [-0.2, -0.15) is 5.26 Å². The summed E-state index contributed by atoms with van der Waals surface area (Å²) in [5, 5.41) is 9.04. The number of nitrogens with zero attached hydrogens (tertiary/aromatic N) is 5. The van der Waals surface area contributed by atoms with Crippen molar-refractivity contribution in [2.45, 2.75) is 25.9 Å². The van der Waals surface area contributed by atoms with Crippen LogP contribution in [0, 0.1) is 18.3 Å². The lowest BCUT2D eigenvalue weighted by atomic mass is 10.1. The molecule has 1 saturated heterocycles. The number of piperidine rings is 1. The lowest BCUT2D eigenvalue weighted by Crippen LogP contribution is -2.44. The van der Waals surface area contributed by atoms with Crippen LogP contribution in [-0.4, -0.2) is 45.0 Å². The fourth-order valence-electron chi connectivity index (χ4n) is 2.52. The number of hydrogen-bond acceptors (Lipinski definition) is 7. The molecule has 0 aliphatic carbocycles. The third-order valence-electron chi connectivity index (χ3n) is 3.65. The monoisotopic (exact) mass is 329 g/mol. The standard InChI is InChI=1S/C15H15N5O2S/c1-10-13(23-9-19-10)15(21)20-6-2-3-11(8-20)22-14-12(7-16)17-4-5-18-14/h4-5,9,11H,2-3,6,8H2,1H3/t11-/m0/s1. The normalized spacial score (nSPS) is 17.6. The number of ether oxygens (including phenoxy) is 1. The van der Waals surface area contributed by atoms with Crippen molar-refractivity contribution in [3.8, 4) is 11.9 Å². The van der Waals surface area contributed by atoms with Crippen molar-refractivity contribution in [3.05, 3.63) is 34.2 Å². The average Bonchev–Trinajstić information content (AvgIpc) is 3.01. The number of likely N-dealkylation sites (tertiary alicyclic amines) is 1. The van der Waals surface area contributed by atoms with E-state index < -0.39 is 0 Å². The van der Waals surface area contributed by atoms with E-state index in [0.29, 0.717) is 18.0 Å². The van der Waals surface area contributed by atoms with E-state index in [9.17, 15) is 4.79 Å². The molecule has 1 aliphatic heterocycles. The van der Waals surface area contributed by atoms with E-state index in [0.717, 1.165) is 18.5 Å². The van der Waals surface area contributed by atoms with E-state index in [-0.39, 0.29) is 23.6 Å². The molecule has 0 spiro atoms. The van der Waals surface area contributed by atoms with Gasteiger partial charge in [-0.3, -0.25) is 4.79 Å². The minimum atomic E-state index is -0.190. The van der Waals surface area contributed by atoms with Crippen LogP contribution in [0.25, 0.3) is 0 Å². The Kier molecular flexibility index (Phi) is 4.48. The molecule has 0 N–H and O–H groups in total. The van der Waals surface area contributed by atoms with Gasteiger partial charge in [0, 0.05) is 18.9 Å². The molecule has 7 nitrogen and oxygen atoms in total. The van der Waals surface area contributed by atoms with Gasteiger partial charge in [-0.1, -0.05) is 0 Å². The Morgan fingerprint density at radius 3 is 3.00 bits per heavy atom. The topological polar surface area (TPSA) is 92.0 Å². The molecule has 1 fully saturated rings. The van der Waals surface area contributed by atoms with Gasteiger partial charge in [-0.25, -0.2) is 15.0 Å². The van der Waals surface area contributed by atoms with Crippen LogP contribution < -0.4 is 4.74 Å². The van der Waals surface area contributed by atoms with Crippen LogP contribution in [0.4, 0.5) is 0 Å². The first-order valence-corrected chi connectivity index (χ1v) is 8.14. The zero-order valence-corrected chi connectivity index (χ0v) is 13.4. The Hall–Kier alpha value is -2.53. The molecule has 118 valence electrons.